The van der Waals surface area contributed by atoms with Crippen LogP contribution in [0.25, 0.3) is 10.6 Å². The Bertz CT molecular complexity index is 859. The predicted octanol–water partition coefficient (Wildman–Crippen LogP) is 5.37. The van der Waals surface area contributed by atoms with Gasteiger partial charge in [0.2, 0.25) is 0 Å². The number of aromatic nitrogens is 1. The minimum Gasteiger partial charge on any atom is -0.381 e. The molecule has 0 aliphatic carbocycles. The molecule has 134 valence electrons. The van der Waals surface area contributed by atoms with Gasteiger partial charge in [-0.1, -0.05) is 58.4 Å². The minimum atomic E-state index is -0.0570. The number of benzene rings is 2. The normalized spacial score (nSPS) is 16.5. The number of ether oxygens (including phenoxy) is 1. The van der Waals surface area contributed by atoms with Crippen LogP contribution in [0.4, 0.5) is 0 Å². The van der Waals surface area contributed by atoms with Crippen molar-refractivity contribution >= 4 is 27.3 Å². The van der Waals surface area contributed by atoms with Crippen molar-refractivity contribution in [3.8, 4) is 10.6 Å². The number of hydrogen-bond donors (Lipinski definition) is 1. The highest BCUT2D eigenvalue weighted by atomic mass is 79.9. The summed E-state index contributed by atoms with van der Waals surface area (Å²) in [5.74, 6) is 0. The van der Waals surface area contributed by atoms with Gasteiger partial charge in [0.15, 0.2) is 0 Å². The van der Waals surface area contributed by atoms with E-state index in [1.54, 1.807) is 11.3 Å². The number of thiazole rings is 1. The third-order valence-corrected chi connectivity index (χ3v) is 6.34. The standard InChI is InChI=1S/C21H21BrN2OS/c22-18-8-4-7-17(13-18)21(9-11-25-12-10-21)23-14-19-15-26-20(24-19)16-5-2-1-3-6-16/h1-8,13,15,23H,9-12,14H2. The number of rotatable bonds is 5. The van der Waals surface area contributed by atoms with Gasteiger partial charge in [0.1, 0.15) is 5.01 Å². The highest BCUT2D eigenvalue weighted by Crippen LogP contribution is 2.34. The number of nitrogens with one attached hydrogen (secondary N) is 1. The molecule has 0 radical (unpaired) electrons. The highest BCUT2D eigenvalue weighted by Gasteiger charge is 2.34. The van der Waals surface area contributed by atoms with Gasteiger partial charge in [0, 0.05) is 40.7 Å². The first-order valence-corrected chi connectivity index (χ1v) is 10.5. The van der Waals surface area contributed by atoms with Crippen molar-refractivity contribution in [2.45, 2.75) is 24.9 Å². The lowest BCUT2D eigenvalue weighted by Crippen LogP contribution is -2.46. The van der Waals surface area contributed by atoms with Crippen LogP contribution >= 0.6 is 27.3 Å². The summed E-state index contributed by atoms with van der Waals surface area (Å²) in [5.41, 5.74) is 3.53. The van der Waals surface area contributed by atoms with Crippen LogP contribution in [0, 0.1) is 0 Å². The van der Waals surface area contributed by atoms with Gasteiger partial charge in [-0.15, -0.1) is 11.3 Å². The average Bonchev–Trinajstić information content (AvgIpc) is 3.17. The molecular weight excluding hydrogens is 408 g/mol. The summed E-state index contributed by atoms with van der Waals surface area (Å²) in [4.78, 5) is 4.82. The van der Waals surface area contributed by atoms with Crippen molar-refractivity contribution in [3.63, 3.8) is 0 Å². The van der Waals surface area contributed by atoms with E-state index in [-0.39, 0.29) is 5.54 Å². The molecule has 0 unspecified atom stereocenters. The van der Waals surface area contributed by atoms with Gasteiger partial charge >= 0.3 is 0 Å². The Balaban J connectivity index is 1.53. The van der Waals surface area contributed by atoms with Crippen LogP contribution in [0.5, 0.6) is 0 Å². The van der Waals surface area contributed by atoms with Crippen LogP contribution in [-0.4, -0.2) is 18.2 Å². The van der Waals surface area contributed by atoms with Crippen LogP contribution < -0.4 is 5.32 Å². The van der Waals surface area contributed by atoms with Gasteiger partial charge in [-0.05, 0) is 30.5 Å². The van der Waals surface area contributed by atoms with Crippen molar-refractivity contribution in [2.75, 3.05) is 13.2 Å². The molecule has 1 aromatic heterocycles. The topological polar surface area (TPSA) is 34.2 Å². The van der Waals surface area contributed by atoms with E-state index in [9.17, 15) is 0 Å². The summed E-state index contributed by atoms with van der Waals surface area (Å²) in [5, 5.41) is 7.03. The molecule has 5 heteroatoms. The van der Waals surface area contributed by atoms with Crippen molar-refractivity contribution < 1.29 is 4.74 Å². The zero-order valence-corrected chi connectivity index (χ0v) is 16.9. The fourth-order valence-corrected chi connectivity index (χ4v) is 4.66. The van der Waals surface area contributed by atoms with E-state index in [2.05, 4.69) is 75.2 Å². The summed E-state index contributed by atoms with van der Waals surface area (Å²) >= 11 is 5.31. The monoisotopic (exact) mass is 428 g/mol. The number of halogens is 1. The molecule has 3 aromatic rings. The summed E-state index contributed by atoms with van der Waals surface area (Å²) in [6.07, 6.45) is 1.94. The Morgan fingerprint density at radius 3 is 2.65 bits per heavy atom. The SMILES string of the molecule is Brc1cccc(C2(NCc3csc(-c4ccccc4)n3)CCOCC2)c1. The minimum absolute atomic E-state index is 0.0570. The van der Waals surface area contributed by atoms with Crippen LogP contribution in [-0.2, 0) is 16.8 Å². The molecule has 1 saturated heterocycles. The lowest BCUT2D eigenvalue weighted by atomic mass is 9.82. The summed E-state index contributed by atoms with van der Waals surface area (Å²) < 4.78 is 6.74. The first kappa shape index (κ1) is 17.9. The second-order valence-electron chi connectivity index (χ2n) is 6.57. The summed E-state index contributed by atoms with van der Waals surface area (Å²) in [7, 11) is 0. The molecule has 0 atom stereocenters. The Hall–Kier alpha value is -1.53. The molecule has 1 aliphatic heterocycles. The lowest BCUT2D eigenvalue weighted by Gasteiger charge is -2.39. The maximum absolute atomic E-state index is 5.63. The maximum Gasteiger partial charge on any atom is 0.123 e. The summed E-state index contributed by atoms with van der Waals surface area (Å²) in [6.45, 7) is 2.33. The first-order valence-electron chi connectivity index (χ1n) is 8.84. The highest BCUT2D eigenvalue weighted by molar-refractivity contribution is 9.10. The molecule has 0 bridgehead atoms. The second kappa shape index (κ2) is 8.01. The fraction of sp³-hybridized carbons (Fsp3) is 0.286. The van der Waals surface area contributed by atoms with Gasteiger partial charge < -0.3 is 10.1 Å². The van der Waals surface area contributed by atoms with E-state index < -0.39 is 0 Å². The van der Waals surface area contributed by atoms with E-state index in [4.69, 9.17) is 9.72 Å². The molecule has 1 N–H and O–H groups in total. The maximum atomic E-state index is 5.63. The molecule has 1 aliphatic rings. The molecule has 0 saturated carbocycles. The van der Waals surface area contributed by atoms with Crippen molar-refractivity contribution in [2.24, 2.45) is 0 Å². The van der Waals surface area contributed by atoms with E-state index in [0.717, 1.165) is 47.8 Å². The Kier molecular flexibility index (Phi) is 5.50. The van der Waals surface area contributed by atoms with Gasteiger partial charge in [-0.3, -0.25) is 0 Å². The summed E-state index contributed by atoms with van der Waals surface area (Å²) in [6, 6.07) is 19.0. The molecular formula is C21H21BrN2OS. The Morgan fingerprint density at radius 2 is 1.88 bits per heavy atom. The van der Waals surface area contributed by atoms with Gasteiger partial charge in [0.25, 0.3) is 0 Å². The molecule has 0 spiro atoms. The Labute approximate surface area is 166 Å². The molecule has 26 heavy (non-hydrogen) atoms. The van der Waals surface area contributed by atoms with Gasteiger partial charge in [-0.2, -0.15) is 0 Å². The van der Waals surface area contributed by atoms with Gasteiger partial charge in [0.05, 0.1) is 5.69 Å². The smallest absolute Gasteiger partial charge is 0.123 e. The van der Waals surface area contributed by atoms with Crippen molar-refractivity contribution in [1.29, 1.82) is 0 Å². The van der Waals surface area contributed by atoms with Gasteiger partial charge in [-0.25, -0.2) is 4.98 Å². The van der Waals surface area contributed by atoms with E-state index in [0.29, 0.717) is 0 Å². The molecule has 2 heterocycles. The van der Waals surface area contributed by atoms with Crippen LogP contribution in [0.2, 0.25) is 0 Å². The molecule has 1 fully saturated rings. The van der Waals surface area contributed by atoms with Crippen molar-refractivity contribution in [3.05, 3.63) is 75.7 Å². The van der Waals surface area contributed by atoms with Crippen LogP contribution in [0.1, 0.15) is 24.1 Å². The molecule has 3 nitrogen and oxygen atoms in total. The third kappa shape index (κ3) is 3.91. The Morgan fingerprint density at radius 1 is 1.08 bits per heavy atom. The second-order valence-corrected chi connectivity index (χ2v) is 8.34. The fourth-order valence-electron chi connectivity index (χ4n) is 3.43. The van der Waals surface area contributed by atoms with Crippen LogP contribution in [0.3, 0.4) is 0 Å². The van der Waals surface area contributed by atoms with Crippen LogP contribution in [0.15, 0.2) is 64.5 Å². The number of hydrogen-bond acceptors (Lipinski definition) is 4. The predicted molar refractivity (Wildman–Crippen MR) is 110 cm³/mol. The van der Waals surface area contributed by atoms with E-state index >= 15 is 0 Å². The lowest BCUT2D eigenvalue weighted by molar-refractivity contribution is 0.0356. The number of nitrogens with zero attached hydrogens (tertiary/aromatic N) is 1. The molecule has 4 rings (SSSR count). The van der Waals surface area contributed by atoms with E-state index in [1.807, 2.05) is 6.07 Å². The molecule has 2 aromatic carbocycles. The quantitative estimate of drug-likeness (QED) is 0.592. The zero-order chi connectivity index (χ0) is 17.8. The first-order chi connectivity index (χ1) is 12.8. The molecule has 0 amide bonds. The average molecular weight is 429 g/mol. The third-order valence-electron chi connectivity index (χ3n) is 4.90. The van der Waals surface area contributed by atoms with E-state index in [1.165, 1.54) is 11.1 Å². The zero-order valence-electron chi connectivity index (χ0n) is 14.5. The largest absolute Gasteiger partial charge is 0.381 e. The van der Waals surface area contributed by atoms with Crippen molar-refractivity contribution in [1.82, 2.24) is 10.3 Å².